The van der Waals surface area contributed by atoms with Crippen LogP contribution in [0.5, 0.6) is 0 Å². The summed E-state index contributed by atoms with van der Waals surface area (Å²) in [6.45, 7) is 10.2. The minimum atomic E-state index is -0.168. The van der Waals surface area contributed by atoms with Crippen LogP contribution in [0, 0.1) is 0 Å². The summed E-state index contributed by atoms with van der Waals surface area (Å²) in [5.74, 6) is 1.76. The van der Waals surface area contributed by atoms with Crippen molar-refractivity contribution in [1.82, 2.24) is 9.80 Å². The fraction of sp³-hybridized carbons (Fsp3) is 0.480. The van der Waals surface area contributed by atoms with Gasteiger partial charge in [0.25, 0.3) is 0 Å². The molecule has 0 aliphatic carbocycles. The van der Waals surface area contributed by atoms with E-state index in [0.717, 1.165) is 48.3 Å². The lowest BCUT2D eigenvalue weighted by Crippen LogP contribution is -2.53. The molecule has 168 valence electrons. The Bertz CT molecular complexity index is 987. The molecule has 4 aliphatic rings. The number of guanidine groups is 1. The number of allylic oxidation sites excluding steroid dienone is 2. The van der Waals surface area contributed by atoms with Crippen molar-refractivity contribution in [3.8, 4) is 0 Å². The lowest BCUT2D eigenvalue weighted by Gasteiger charge is -2.41. The maximum Gasteiger partial charge on any atom is 0.223 e. The number of amidine groups is 1. The normalized spacial score (nSPS) is 30.6. The molecular formula is C25H31N5O2. The van der Waals surface area contributed by atoms with E-state index < -0.39 is 0 Å². The Morgan fingerprint density at radius 2 is 1.78 bits per heavy atom. The average Bonchev–Trinajstić information content (AvgIpc) is 3.02. The topological polar surface area (TPSA) is 62.0 Å². The Kier molecular flexibility index (Phi) is 5.93. The minimum Gasteiger partial charge on any atom is -0.377 e. The average molecular weight is 434 g/mol. The van der Waals surface area contributed by atoms with Gasteiger partial charge >= 0.3 is 0 Å². The van der Waals surface area contributed by atoms with Gasteiger partial charge in [0.1, 0.15) is 11.9 Å². The Balaban J connectivity index is 1.54. The van der Waals surface area contributed by atoms with Crippen molar-refractivity contribution in [1.29, 1.82) is 0 Å². The zero-order valence-electron chi connectivity index (χ0n) is 19.0. The van der Waals surface area contributed by atoms with Gasteiger partial charge in [-0.05, 0) is 26.8 Å². The Hall–Kier alpha value is -2.77. The summed E-state index contributed by atoms with van der Waals surface area (Å²) in [4.78, 5) is 19.6. The molecule has 0 radical (unpaired) electrons. The summed E-state index contributed by atoms with van der Waals surface area (Å²) < 4.78 is 11.6. The second kappa shape index (κ2) is 9.00. The van der Waals surface area contributed by atoms with E-state index in [-0.39, 0.29) is 24.3 Å². The largest absolute Gasteiger partial charge is 0.377 e. The quantitative estimate of drug-likeness (QED) is 0.683. The van der Waals surface area contributed by atoms with E-state index in [0.29, 0.717) is 13.2 Å². The molecule has 1 aromatic rings. The Labute approximate surface area is 189 Å². The van der Waals surface area contributed by atoms with Crippen LogP contribution in [0.4, 0.5) is 0 Å². The van der Waals surface area contributed by atoms with Crippen molar-refractivity contribution < 1.29 is 9.47 Å². The van der Waals surface area contributed by atoms with Gasteiger partial charge in [0.15, 0.2) is 0 Å². The third kappa shape index (κ3) is 4.27. The van der Waals surface area contributed by atoms with E-state index in [9.17, 15) is 0 Å². The van der Waals surface area contributed by atoms with Crippen molar-refractivity contribution in [2.75, 3.05) is 32.8 Å². The van der Waals surface area contributed by atoms with Crippen LogP contribution >= 0.6 is 0 Å². The van der Waals surface area contributed by atoms with Gasteiger partial charge in [-0.2, -0.15) is 4.99 Å². The first-order valence-corrected chi connectivity index (χ1v) is 11.5. The van der Waals surface area contributed by atoms with Crippen molar-refractivity contribution in [2.45, 2.75) is 45.1 Å². The lowest BCUT2D eigenvalue weighted by molar-refractivity contribution is -0.0484. The summed E-state index contributed by atoms with van der Waals surface area (Å²) in [5.41, 5.74) is 3.12. The molecule has 2 saturated heterocycles. The highest BCUT2D eigenvalue weighted by molar-refractivity contribution is 6.12. The van der Waals surface area contributed by atoms with Crippen LogP contribution in [-0.4, -0.2) is 84.9 Å². The number of hydrogen-bond acceptors (Lipinski definition) is 7. The molecule has 0 aromatic heterocycles. The van der Waals surface area contributed by atoms with Crippen LogP contribution in [0.1, 0.15) is 26.3 Å². The molecule has 4 atom stereocenters. The molecule has 0 spiro atoms. The van der Waals surface area contributed by atoms with Crippen LogP contribution in [0.3, 0.4) is 0 Å². The standard InChI is InChI=1S/C25H31N5O2/c1-17-16-31-12-11-30(17)24-21-9-10-22(20-7-5-4-6-8-20)26-13-23(21)27-25(28-24)29-14-18(2)32-19(3)15-29/h4-10,13,17-19,23H,11-12,14-16H2,1-3H3/t17-,18-,19+,23?/m0/s1. The first-order chi connectivity index (χ1) is 15.6. The molecule has 4 aliphatic heterocycles. The molecule has 4 heterocycles. The van der Waals surface area contributed by atoms with Crippen LogP contribution < -0.4 is 0 Å². The summed E-state index contributed by atoms with van der Waals surface area (Å²) >= 11 is 0. The molecule has 0 saturated carbocycles. The van der Waals surface area contributed by atoms with Crippen LogP contribution in [0.2, 0.25) is 0 Å². The highest BCUT2D eigenvalue weighted by atomic mass is 16.5. The highest BCUT2D eigenvalue weighted by Gasteiger charge is 2.34. The molecular weight excluding hydrogens is 402 g/mol. The fourth-order valence-corrected chi connectivity index (χ4v) is 4.71. The number of nitrogens with zero attached hydrogens (tertiary/aromatic N) is 5. The van der Waals surface area contributed by atoms with Gasteiger partial charge in [-0.15, -0.1) is 0 Å². The van der Waals surface area contributed by atoms with E-state index in [1.165, 1.54) is 0 Å². The number of rotatable bonds is 1. The third-order valence-corrected chi connectivity index (χ3v) is 6.22. The van der Waals surface area contributed by atoms with Gasteiger partial charge < -0.3 is 19.3 Å². The summed E-state index contributed by atoms with van der Waals surface area (Å²) in [7, 11) is 0. The van der Waals surface area contributed by atoms with E-state index in [1.807, 2.05) is 24.4 Å². The van der Waals surface area contributed by atoms with Gasteiger partial charge in [0, 0.05) is 37.0 Å². The number of morpholine rings is 2. The van der Waals surface area contributed by atoms with Crippen molar-refractivity contribution >= 4 is 23.7 Å². The molecule has 1 unspecified atom stereocenters. The number of hydrogen-bond donors (Lipinski definition) is 0. The van der Waals surface area contributed by atoms with Crippen LogP contribution in [0.15, 0.2) is 63.0 Å². The van der Waals surface area contributed by atoms with E-state index in [2.05, 4.69) is 54.9 Å². The summed E-state index contributed by atoms with van der Waals surface area (Å²) in [6, 6.07) is 10.4. The first-order valence-electron chi connectivity index (χ1n) is 11.5. The SMILES string of the molecule is C[C@@H]1CN(C2=NC3C=NC(c4ccccc4)=CC=C3C(N3CCOC[C@@H]3C)=N2)C[C@H](C)O1. The minimum absolute atomic E-state index is 0.147. The molecule has 7 heteroatoms. The summed E-state index contributed by atoms with van der Waals surface area (Å²) in [6.07, 6.45) is 6.49. The molecule has 0 amide bonds. The van der Waals surface area contributed by atoms with Crippen molar-refractivity contribution in [3.63, 3.8) is 0 Å². The van der Waals surface area contributed by atoms with E-state index in [4.69, 9.17) is 24.5 Å². The van der Waals surface area contributed by atoms with E-state index >= 15 is 0 Å². The first kappa shape index (κ1) is 21.1. The monoisotopic (exact) mass is 433 g/mol. The summed E-state index contributed by atoms with van der Waals surface area (Å²) in [5, 5.41) is 0. The molecule has 0 N–H and O–H groups in total. The van der Waals surface area contributed by atoms with Crippen molar-refractivity contribution in [2.24, 2.45) is 15.0 Å². The molecule has 32 heavy (non-hydrogen) atoms. The molecule has 0 bridgehead atoms. The van der Waals surface area contributed by atoms with Gasteiger partial charge in [0.05, 0.1) is 37.2 Å². The molecule has 5 rings (SSSR count). The lowest BCUT2D eigenvalue weighted by atomic mass is 10.0. The number of fused-ring (bicyclic) bond motifs is 1. The molecule has 2 fully saturated rings. The zero-order valence-corrected chi connectivity index (χ0v) is 19.0. The van der Waals surface area contributed by atoms with Gasteiger partial charge in [-0.3, -0.25) is 4.99 Å². The fourth-order valence-electron chi connectivity index (χ4n) is 4.71. The number of aliphatic imine (C=N–C) groups is 3. The predicted molar refractivity (Wildman–Crippen MR) is 128 cm³/mol. The molecule has 7 nitrogen and oxygen atoms in total. The predicted octanol–water partition coefficient (Wildman–Crippen LogP) is 3.00. The van der Waals surface area contributed by atoms with Gasteiger partial charge in [-0.1, -0.05) is 36.4 Å². The van der Waals surface area contributed by atoms with E-state index in [1.54, 1.807) is 0 Å². The number of benzene rings is 1. The van der Waals surface area contributed by atoms with Gasteiger partial charge in [0.2, 0.25) is 5.96 Å². The zero-order chi connectivity index (χ0) is 22.1. The van der Waals surface area contributed by atoms with Crippen LogP contribution in [-0.2, 0) is 9.47 Å². The smallest absolute Gasteiger partial charge is 0.223 e. The second-order valence-corrected chi connectivity index (χ2v) is 8.91. The maximum atomic E-state index is 5.94. The third-order valence-electron chi connectivity index (χ3n) is 6.22. The molecule has 1 aromatic carbocycles. The second-order valence-electron chi connectivity index (χ2n) is 8.91. The number of ether oxygens (including phenoxy) is 2. The highest BCUT2D eigenvalue weighted by Crippen LogP contribution is 2.27. The van der Waals surface area contributed by atoms with Gasteiger partial charge in [-0.25, -0.2) is 4.99 Å². The van der Waals surface area contributed by atoms with Crippen molar-refractivity contribution in [3.05, 3.63) is 53.6 Å². The van der Waals surface area contributed by atoms with Crippen LogP contribution in [0.25, 0.3) is 5.70 Å². The Morgan fingerprint density at radius 1 is 1.00 bits per heavy atom. The Morgan fingerprint density at radius 3 is 2.53 bits per heavy atom. The maximum absolute atomic E-state index is 5.94.